The summed E-state index contributed by atoms with van der Waals surface area (Å²) in [5.74, 6) is -0.320. The molecule has 0 unspecified atom stereocenters. The minimum atomic E-state index is -0.276. The van der Waals surface area contributed by atoms with Gasteiger partial charge in [0.05, 0.1) is 0 Å². The van der Waals surface area contributed by atoms with E-state index in [0.29, 0.717) is 5.56 Å². The van der Waals surface area contributed by atoms with Crippen molar-refractivity contribution >= 4 is 5.91 Å². The Labute approximate surface area is 89.5 Å². The van der Waals surface area contributed by atoms with E-state index in [-0.39, 0.29) is 24.2 Å². The Morgan fingerprint density at radius 2 is 2.13 bits per heavy atom. The van der Waals surface area contributed by atoms with E-state index in [4.69, 9.17) is 0 Å². The average molecular weight is 209 g/mol. The maximum absolute atomic E-state index is 13.2. The molecule has 0 saturated carbocycles. The SMILES string of the molecule is CC[C@H](C)C(=O)NCc1ccccc1F. The Balaban J connectivity index is 2.51. The van der Waals surface area contributed by atoms with Crippen molar-refractivity contribution in [3.8, 4) is 0 Å². The summed E-state index contributed by atoms with van der Waals surface area (Å²) in [7, 11) is 0. The van der Waals surface area contributed by atoms with Gasteiger partial charge in [-0.3, -0.25) is 4.79 Å². The Hall–Kier alpha value is -1.38. The molecule has 82 valence electrons. The summed E-state index contributed by atoms with van der Waals surface area (Å²) in [6, 6.07) is 6.46. The Morgan fingerprint density at radius 1 is 1.47 bits per heavy atom. The third kappa shape index (κ3) is 3.35. The van der Waals surface area contributed by atoms with Crippen LogP contribution in [0.5, 0.6) is 0 Å². The first kappa shape index (κ1) is 11.7. The van der Waals surface area contributed by atoms with Crippen LogP contribution in [0.25, 0.3) is 0 Å². The van der Waals surface area contributed by atoms with E-state index in [1.807, 2.05) is 13.8 Å². The number of hydrogen-bond donors (Lipinski definition) is 1. The number of amides is 1. The van der Waals surface area contributed by atoms with Crippen molar-refractivity contribution in [2.24, 2.45) is 5.92 Å². The van der Waals surface area contributed by atoms with Crippen LogP contribution in [0.1, 0.15) is 25.8 Å². The van der Waals surface area contributed by atoms with Crippen LogP contribution in [-0.2, 0) is 11.3 Å². The van der Waals surface area contributed by atoms with Crippen LogP contribution in [0.2, 0.25) is 0 Å². The van der Waals surface area contributed by atoms with Crippen molar-refractivity contribution in [2.45, 2.75) is 26.8 Å². The third-order valence-electron chi connectivity index (χ3n) is 2.47. The molecular weight excluding hydrogens is 193 g/mol. The summed E-state index contributed by atoms with van der Waals surface area (Å²) in [6.45, 7) is 4.07. The second-order valence-electron chi connectivity index (χ2n) is 3.62. The zero-order chi connectivity index (χ0) is 11.3. The van der Waals surface area contributed by atoms with Crippen LogP contribution in [0.3, 0.4) is 0 Å². The smallest absolute Gasteiger partial charge is 0.223 e. The minimum absolute atomic E-state index is 0.0169. The fraction of sp³-hybridized carbons (Fsp3) is 0.417. The van der Waals surface area contributed by atoms with E-state index in [1.54, 1.807) is 18.2 Å². The predicted octanol–water partition coefficient (Wildman–Crippen LogP) is 2.49. The first-order valence-corrected chi connectivity index (χ1v) is 5.16. The van der Waals surface area contributed by atoms with Crippen LogP contribution >= 0.6 is 0 Å². The molecule has 1 rings (SSSR count). The van der Waals surface area contributed by atoms with Gasteiger partial charge in [0, 0.05) is 18.0 Å². The van der Waals surface area contributed by atoms with Crippen LogP contribution in [0, 0.1) is 11.7 Å². The van der Waals surface area contributed by atoms with E-state index < -0.39 is 0 Å². The fourth-order valence-corrected chi connectivity index (χ4v) is 1.18. The lowest BCUT2D eigenvalue weighted by Gasteiger charge is -2.10. The average Bonchev–Trinajstić information content (AvgIpc) is 2.26. The molecule has 0 spiro atoms. The van der Waals surface area contributed by atoms with E-state index in [9.17, 15) is 9.18 Å². The zero-order valence-corrected chi connectivity index (χ0v) is 9.09. The van der Waals surface area contributed by atoms with Gasteiger partial charge in [-0.15, -0.1) is 0 Å². The molecule has 1 N–H and O–H groups in total. The van der Waals surface area contributed by atoms with Crippen LogP contribution in [0.4, 0.5) is 4.39 Å². The highest BCUT2D eigenvalue weighted by Crippen LogP contribution is 2.06. The van der Waals surface area contributed by atoms with E-state index in [0.717, 1.165) is 6.42 Å². The highest BCUT2D eigenvalue weighted by molar-refractivity contribution is 5.78. The number of nitrogens with one attached hydrogen (secondary N) is 1. The molecule has 1 amide bonds. The van der Waals surface area contributed by atoms with Gasteiger partial charge in [0.25, 0.3) is 0 Å². The van der Waals surface area contributed by atoms with Gasteiger partial charge >= 0.3 is 0 Å². The third-order valence-corrected chi connectivity index (χ3v) is 2.47. The molecule has 1 aromatic carbocycles. The monoisotopic (exact) mass is 209 g/mol. The van der Waals surface area contributed by atoms with Crippen LogP contribution < -0.4 is 5.32 Å². The second-order valence-corrected chi connectivity index (χ2v) is 3.62. The fourth-order valence-electron chi connectivity index (χ4n) is 1.18. The summed E-state index contributed by atoms with van der Waals surface area (Å²) >= 11 is 0. The zero-order valence-electron chi connectivity index (χ0n) is 9.09. The van der Waals surface area contributed by atoms with Gasteiger partial charge in [0.15, 0.2) is 0 Å². The molecular formula is C12H16FNO. The molecule has 0 aliphatic heterocycles. The number of carbonyl (C=O) groups is 1. The molecule has 0 bridgehead atoms. The van der Waals surface area contributed by atoms with Crippen molar-refractivity contribution < 1.29 is 9.18 Å². The molecule has 0 aliphatic rings. The molecule has 0 radical (unpaired) electrons. The van der Waals surface area contributed by atoms with E-state index in [2.05, 4.69) is 5.32 Å². The lowest BCUT2D eigenvalue weighted by molar-refractivity contribution is -0.124. The normalized spacial score (nSPS) is 12.2. The lowest BCUT2D eigenvalue weighted by atomic mass is 10.1. The Morgan fingerprint density at radius 3 is 2.73 bits per heavy atom. The number of rotatable bonds is 4. The quantitative estimate of drug-likeness (QED) is 0.811. The summed E-state index contributed by atoms with van der Waals surface area (Å²) < 4.78 is 13.2. The summed E-state index contributed by atoms with van der Waals surface area (Å²) in [6.07, 6.45) is 0.795. The minimum Gasteiger partial charge on any atom is -0.352 e. The van der Waals surface area contributed by atoms with Gasteiger partial charge in [-0.2, -0.15) is 0 Å². The maximum Gasteiger partial charge on any atom is 0.223 e. The molecule has 0 aliphatic carbocycles. The summed E-state index contributed by atoms with van der Waals surface area (Å²) in [5, 5.41) is 2.71. The molecule has 0 fully saturated rings. The highest BCUT2D eigenvalue weighted by Gasteiger charge is 2.10. The van der Waals surface area contributed by atoms with Crippen molar-refractivity contribution in [1.82, 2.24) is 5.32 Å². The molecule has 0 heterocycles. The first-order chi connectivity index (χ1) is 7.15. The molecule has 1 aromatic rings. The molecule has 1 atom stereocenters. The second kappa shape index (κ2) is 5.49. The highest BCUT2D eigenvalue weighted by atomic mass is 19.1. The predicted molar refractivity (Wildman–Crippen MR) is 57.7 cm³/mol. The van der Waals surface area contributed by atoms with Crippen molar-refractivity contribution in [1.29, 1.82) is 0 Å². The summed E-state index contributed by atoms with van der Waals surface area (Å²) in [4.78, 5) is 11.4. The molecule has 2 nitrogen and oxygen atoms in total. The maximum atomic E-state index is 13.2. The first-order valence-electron chi connectivity index (χ1n) is 5.16. The van der Waals surface area contributed by atoms with Crippen LogP contribution in [-0.4, -0.2) is 5.91 Å². The van der Waals surface area contributed by atoms with Gasteiger partial charge in [0.2, 0.25) is 5.91 Å². The number of halogens is 1. The summed E-state index contributed by atoms with van der Waals surface area (Å²) in [5.41, 5.74) is 0.522. The van der Waals surface area contributed by atoms with E-state index >= 15 is 0 Å². The largest absolute Gasteiger partial charge is 0.352 e. The van der Waals surface area contributed by atoms with Gasteiger partial charge in [0.1, 0.15) is 5.82 Å². The molecule has 15 heavy (non-hydrogen) atoms. The number of hydrogen-bond acceptors (Lipinski definition) is 1. The number of benzene rings is 1. The molecule has 3 heteroatoms. The standard InChI is InChI=1S/C12H16FNO/c1-3-9(2)12(15)14-8-10-6-4-5-7-11(10)13/h4-7,9H,3,8H2,1-2H3,(H,14,15)/t9-/m0/s1. The lowest BCUT2D eigenvalue weighted by Crippen LogP contribution is -2.28. The van der Waals surface area contributed by atoms with Crippen molar-refractivity contribution in [3.05, 3.63) is 35.6 Å². The van der Waals surface area contributed by atoms with Crippen molar-refractivity contribution in [2.75, 3.05) is 0 Å². The number of carbonyl (C=O) groups excluding carboxylic acids is 1. The van der Waals surface area contributed by atoms with Gasteiger partial charge in [-0.1, -0.05) is 32.0 Å². The Kier molecular flexibility index (Phi) is 4.28. The topological polar surface area (TPSA) is 29.1 Å². The van der Waals surface area contributed by atoms with Gasteiger partial charge < -0.3 is 5.32 Å². The van der Waals surface area contributed by atoms with Gasteiger partial charge in [-0.05, 0) is 12.5 Å². The molecule has 0 saturated heterocycles. The van der Waals surface area contributed by atoms with E-state index in [1.165, 1.54) is 6.07 Å². The van der Waals surface area contributed by atoms with Crippen LogP contribution in [0.15, 0.2) is 24.3 Å². The van der Waals surface area contributed by atoms with Gasteiger partial charge in [-0.25, -0.2) is 4.39 Å². The van der Waals surface area contributed by atoms with Crippen molar-refractivity contribution in [3.63, 3.8) is 0 Å². The molecule has 0 aromatic heterocycles. The Bertz CT molecular complexity index is 338.